The van der Waals surface area contributed by atoms with Crippen LogP contribution >= 0.6 is 34.8 Å². The normalized spacial score (nSPS) is 11.9. The molecule has 2 aromatic carbocycles. The molecule has 0 radical (unpaired) electrons. The van der Waals surface area contributed by atoms with Crippen LogP contribution in [0.1, 0.15) is 11.4 Å². The number of allylic oxidation sites excluding steroid dienone is 1. The number of nitrogens with one attached hydrogen (secondary N) is 1. The number of hydrogen-bond acceptors (Lipinski definition) is 4. The van der Waals surface area contributed by atoms with Crippen LogP contribution in [-0.4, -0.2) is 15.1 Å². The number of aliphatic hydroxyl groups is 1. The quantitative estimate of drug-likeness (QED) is 0.482. The van der Waals surface area contributed by atoms with Crippen LogP contribution in [0.4, 0.5) is 0 Å². The van der Waals surface area contributed by atoms with Gasteiger partial charge >= 0.3 is 0 Å². The van der Waals surface area contributed by atoms with E-state index >= 15 is 0 Å². The predicted molar refractivity (Wildman–Crippen MR) is 98.9 cm³/mol. The van der Waals surface area contributed by atoms with E-state index in [0.29, 0.717) is 15.6 Å². The van der Waals surface area contributed by atoms with E-state index in [1.165, 1.54) is 24.3 Å². The van der Waals surface area contributed by atoms with E-state index in [2.05, 4.69) is 9.97 Å². The van der Waals surface area contributed by atoms with Crippen LogP contribution in [0.3, 0.4) is 0 Å². The van der Waals surface area contributed by atoms with Gasteiger partial charge in [-0.05, 0) is 36.4 Å². The molecule has 0 atom stereocenters. The maximum atomic E-state index is 12.2. The van der Waals surface area contributed by atoms with E-state index in [1.54, 1.807) is 12.1 Å². The first-order chi connectivity index (χ1) is 11.9. The number of nitriles is 1. The van der Waals surface area contributed by atoms with E-state index in [1.807, 2.05) is 6.07 Å². The highest BCUT2D eigenvalue weighted by Gasteiger charge is 2.17. The Morgan fingerprint density at radius 1 is 1.12 bits per heavy atom. The lowest BCUT2D eigenvalue weighted by Crippen LogP contribution is -2.12. The highest BCUT2D eigenvalue weighted by atomic mass is 35.5. The number of halogens is 3. The summed E-state index contributed by atoms with van der Waals surface area (Å²) in [6.45, 7) is 0. The first-order valence-corrected chi connectivity index (χ1v) is 8.03. The Bertz CT molecular complexity index is 1130. The number of hydrogen-bond donors (Lipinski definition) is 2. The zero-order chi connectivity index (χ0) is 18.1. The number of H-pyrrole nitrogens is 1. The lowest BCUT2D eigenvalue weighted by Gasteiger charge is -2.07. The first kappa shape index (κ1) is 17.3. The number of fused-ring (bicyclic) bond motifs is 1. The molecule has 3 rings (SSSR count). The van der Waals surface area contributed by atoms with Crippen molar-refractivity contribution >= 4 is 57.0 Å². The second-order valence-electron chi connectivity index (χ2n) is 5.04. The van der Waals surface area contributed by atoms with Crippen molar-refractivity contribution < 1.29 is 5.11 Å². The number of aliphatic hydroxyl groups excluding tert-OH is 1. The fourth-order valence-corrected chi connectivity index (χ4v) is 2.93. The Hall–Kier alpha value is -2.52. The molecule has 3 aromatic rings. The topological polar surface area (TPSA) is 89.8 Å². The smallest absolute Gasteiger partial charge is 0.259 e. The van der Waals surface area contributed by atoms with Gasteiger partial charge in [-0.3, -0.25) is 4.79 Å². The third-order valence-electron chi connectivity index (χ3n) is 3.44. The number of benzene rings is 2. The summed E-state index contributed by atoms with van der Waals surface area (Å²) in [5.74, 6) is -0.494. The Balaban J connectivity index is 2.25. The SMILES string of the molecule is N#CC(=C(O)c1ccc(Cl)cc1Cl)c1nc2ccc(Cl)cc2c(=O)[nH]1. The molecule has 0 saturated heterocycles. The number of rotatable bonds is 2. The van der Waals surface area contributed by atoms with Crippen LogP contribution in [0.25, 0.3) is 22.2 Å². The summed E-state index contributed by atoms with van der Waals surface area (Å²) in [4.78, 5) is 18.9. The van der Waals surface area contributed by atoms with Crippen LogP contribution in [0.5, 0.6) is 0 Å². The van der Waals surface area contributed by atoms with Gasteiger partial charge in [0.25, 0.3) is 5.56 Å². The Morgan fingerprint density at radius 2 is 1.80 bits per heavy atom. The van der Waals surface area contributed by atoms with Crippen LogP contribution in [0, 0.1) is 11.3 Å². The largest absolute Gasteiger partial charge is 0.506 e. The van der Waals surface area contributed by atoms with Crippen LogP contribution in [0.2, 0.25) is 15.1 Å². The molecule has 1 aromatic heterocycles. The molecule has 8 heteroatoms. The number of nitrogens with zero attached hydrogens (tertiary/aromatic N) is 2. The number of aromatic nitrogens is 2. The Labute approximate surface area is 156 Å². The molecule has 0 unspecified atom stereocenters. The summed E-state index contributed by atoms with van der Waals surface area (Å²) >= 11 is 17.8. The first-order valence-electron chi connectivity index (χ1n) is 6.89. The number of aromatic amines is 1. The summed E-state index contributed by atoms with van der Waals surface area (Å²) in [6.07, 6.45) is 0. The highest BCUT2D eigenvalue weighted by Crippen LogP contribution is 2.30. The molecule has 0 amide bonds. The molecule has 0 saturated carbocycles. The second kappa shape index (κ2) is 6.77. The van der Waals surface area contributed by atoms with Gasteiger partial charge in [-0.15, -0.1) is 0 Å². The van der Waals surface area contributed by atoms with Gasteiger partial charge in [0, 0.05) is 15.6 Å². The third kappa shape index (κ3) is 3.33. The monoisotopic (exact) mass is 391 g/mol. The lowest BCUT2D eigenvalue weighted by molar-refractivity contribution is 0.514. The van der Waals surface area contributed by atoms with Crippen molar-refractivity contribution in [2.24, 2.45) is 0 Å². The van der Waals surface area contributed by atoms with Gasteiger partial charge in [0.15, 0.2) is 5.82 Å². The standard InChI is InChI=1S/C17H8Cl3N3O2/c18-8-2-4-14-11(5-8)17(25)23-16(22-14)12(7-21)15(24)10-3-1-9(19)6-13(10)20/h1-6,24H,(H,22,23,25). The molecule has 25 heavy (non-hydrogen) atoms. The minimum atomic E-state index is -0.481. The minimum Gasteiger partial charge on any atom is -0.506 e. The molecular weight excluding hydrogens is 385 g/mol. The molecule has 0 aliphatic rings. The van der Waals surface area contributed by atoms with Gasteiger partial charge in [-0.25, -0.2) is 4.98 Å². The fourth-order valence-electron chi connectivity index (χ4n) is 2.26. The average molecular weight is 393 g/mol. The molecule has 0 spiro atoms. The van der Waals surface area contributed by atoms with E-state index in [9.17, 15) is 15.2 Å². The highest BCUT2D eigenvalue weighted by molar-refractivity contribution is 6.35. The molecule has 2 N–H and O–H groups in total. The van der Waals surface area contributed by atoms with E-state index in [-0.39, 0.29) is 27.4 Å². The summed E-state index contributed by atoms with van der Waals surface area (Å²) in [5, 5.41) is 21.1. The fraction of sp³-hybridized carbons (Fsp3) is 0. The van der Waals surface area contributed by atoms with Crippen LogP contribution in [0.15, 0.2) is 41.2 Å². The molecule has 1 heterocycles. The average Bonchev–Trinajstić information content (AvgIpc) is 2.56. The van der Waals surface area contributed by atoms with Crippen molar-refractivity contribution in [1.82, 2.24) is 9.97 Å². The summed E-state index contributed by atoms with van der Waals surface area (Å²) in [5.41, 5.74) is -0.171. The van der Waals surface area contributed by atoms with Crippen molar-refractivity contribution in [2.75, 3.05) is 0 Å². The maximum absolute atomic E-state index is 12.2. The Morgan fingerprint density at radius 3 is 2.48 bits per heavy atom. The van der Waals surface area contributed by atoms with Crippen LogP contribution in [-0.2, 0) is 0 Å². The summed E-state index contributed by atoms with van der Waals surface area (Å²) < 4.78 is 0. The molecular formula is C17H8Cl3N3O2. The van der Waals surface area contributed by atoms with Crippen molar-refractivity contribution in [3.63, 3.8) is 0 Å². The van der Waals surface area contributed by atoms with Crippen molar-refractivity contribution in [3.8, 4) is 6.07 Å². The lowest BCUT2D eigenvalue weighted by atomic mass is 10.1. The van der Waals surface area contributed by atoms with Gasteiger partial charge in [0.05, 0.1) is 15.9 Å². The summed E-state index contributed by atoms with van der Waals surface area (Å²) in [7, 11) is 0. The molecule has 124 valence electrons. The van der Waals surface area contributed by atoms with Gasteiger partial charge in [-0.2, -0.15) is 5.26 Å². The minimum absolute atomic E-state index is 0.0779. The molecule has 0 aliphatic heterocycles. The van der Waals surface area contributed by atoms with E-state index in [4.69, 9.17) is 34.8 Å². The molecule has 0 fully saturated rings. The predicted octanol–water partition coefficient (Wildman–Crippen LogP) is 4.83. The maximum Gasteiger partial charge on any atom is 0.259 e. The van der Waals surface area contributed by atoms with Crippen LogP contribution < -0.4 is 5.56 Å². The van der Waals surface area contributed by atoms with Gasteiger partial charge in [0.1, 0.15) is 17.4 Å². The molecule has 0 aliphatic carbocycles. The zero-order valence-corrected chi connectivity index (χ0v) is 14.6. The van der Waals surface area contributed by atoms with Gasteiger partial charge < -0.3 is 10.1 Å². The third-order valence-corrected chi connectivity index (χ3v) is 4.22. The zero-order valence-electron chi connectivity index (χ0n) is 12.3. The Kier molecular flexibility index (Phi) is 4.69. The second-order valence-corrected chi connectivity index (χ2v) is 6.32. The van der Waals surface area contributed by atoms with Gasteiger partial charge in [0.2, 0.25) is 0 Å². The van der Waals surface area contributed by atoms with Crippen molar-refractivity contribution in [2.45, 2.75) is 0 Å². The van der Waals surface area contributed by atoms with Crippen molar-refractivity contribution in [1.29, 1.82) is 5.26 Å². The van der Waals surface area contributed by atoms with Gasteiger partial charge in [-0.1, -0.05) is 34.8 Å². The van der Waals surface area contributed by atoms with E-state index in [0.717, 1.165) is 0 Å². The summed E-state index contributed by atoms with van der Waals surface area (Å²) in [6, 6.07) is 10.9. The molecule has 5 nitrogen and oxygen atoms in total. The molecule has 0 bridgehead atoms. The van der Waals surface area contributed by atoms with Crippen molar-refractivity contribution in [3.05, 3.63) is 73.2 Å². The van der Waals surface area contributed by atoms with E-state index < -0.39 is 11.3 Å².